The molecular weight excluding hydrogens is 306 g/mol. The van der Waals surface area contributed by atoms with Gasteiger partial charge in [-0.2, -0.15) is 0 Å². The molecule has 0 atom stereocenters. The summed E-state index contributed by atoms with van der Waals surface area (Å²) >= 11 is 5.81. The van der Waals surface area contributed by atoms with Crippen LogP contribution >= 0.6 is 11.6 Å². The lowest BCUT2D eigenvalue weighted by molar-refractivity contribution is -0.383. The zero-order valence-corrected chi connectivity index (χ0v) is 12.6. The summed E-state index contributed by atoms with van der Waals surface area (Å²) in [5, 5.41) is 11.5. The number of amides is 1. The number of rotatable bonds is 4. The maximum absolute atomic E-state index is 12.3. The summed E-state index contributed by atoms with van der Waals surface area (Å²) in [7, 11) is 1.62. The maximum Gasteiger partial charge on any atom is 0.292 e. The van der Waals surface area contributed by atoms with Gasteiger partial charge in [0.15, 0.2) is 0 Å². The average Bonchev–Trinajstić information content (AvgIpc) is 2.49. The molecule has 0 bridgehead atoms. The second kappa shape index (κ2) is 6.44. The number of hydrogen-bond acceptors (Lipinski definition) is 4. The molecule has 0 radical (unpaired) electrons. The summed E-state index contributed by atoms with van der Waals surface area (Å²) in [6.45, 7) is 0.369. The third kappa shape index (κ3) is 3.53. The molecule has 1 amide bonds. The molecule has 2 aromatic carbocycles. The van der Waals surface area contributed by atoms with Crippen molar-refractivity contribution >= 4 is 28.9 Å². The van der Waals surface area contributed by atoms with E-state index in [2.05, 4.69) is 0 Å². The highest BCUT2D eigenvalue weighted by molar-refractivity contribution is 6.30. The SMILES string of the molecule is CN(Cc1ccc(Cl)cc1)C(=O)c1ccc(N)c([N+](=O)[O-])c1. The van der Waals surface area contributed by atoms with Crippen LogP contribution in [-0.4, -0.2) is 22.8 Å². The van der Waals surface area contributed by atoms with E-state index in [0.29, 0.717) is 11.6 Å². The Morgan fingerprint density at radius 2 is 1.91 bits per heavy atom. The van der Waals surface area contributed by atoms with Gasteiger partial charge in [-0.25, -0.2) is 0 Å². The van der Waals surface area contributed by atoms with Gasteiger partial charge in [0.05, 0.1) is 4.92 Å². The number of anilines is 1. The minimum Gasteiger partial charge on any atom is -0.393 e. The predicted octanol–water partition coefficient (Wildman–Crippen LogP) is 3.10. The average molecular weight is 320 g/mol. The Hall–Kier alpha value is -2.60. The summed E-state index contributed by atoms with van der Waals surface area (Å²) in [6.07, 6.45) is 0. The first-order valence-corrected chi connectivity index (χ1v) is 6.80. The van der Waals surface area contributed by atoms with Gasteiger partial charge in [0.2, 0.25) is 0 Å². The molecule has 0 aliphatic rings. The lowest BCUT2D eigenvalue weighted by atomic mass is 10.1. The normalized spacial score (nSPS) is 10.3. The zero-order valence-electron chi connectivity index (χ0n) is 11.8. The van der Waals surface area contributed by atoms with E-state index in [0.717, 1.165) is 5.56 Å². The van der Waals surface area contributed by atoms with Crippen LogP contribution < -0.4 is 5.73 Å². The van der Waals surface area contributed by atoms with Crippen LogP contribution in [0.3, 0.4) is 0 Å². The van der Waals surface area contributed by atoms with E-state index in [1.54, 1.807) is 19.2 Å². The molecule has 0 spiro atoms. The zero-order chi connectivity index (χ0) is 16.3. The van der Waals surface area contributed by atoms with Crippen LogP contribution in [-0.2, 0) is 6.54 Å². The van der Waals surface area contributed by atoms with E-state index in [1.807, 2.05) is 12.1 Å². The van der Waals surface area contributed by atoms with Crippen molar-refractivity contribution in [2.45, 2.75) is 6.54 Å². The fraction of sp³-hybridized carbons (Fsp3) is 0.133. The highest BCUT2D eigenvalue weighted by Crippen LogP contribution is 2.23. The van der Waals surface area contributed by atoms with Crippen molar-refractivity contribution in [3.63, 3.8) is 0 Å². The number of halogens is 1. The number of nitro groups is 1. The fourth-order valence-electron chi connectivity index (χ4n) is 1.99. The van der Waals surface area contributed by atoms with Gasteiger partial charge in [-0.15, -0.1) is 0 Å². The molecule has 0 fully saturated rings. The minimum absolute atomic E-state index is 0.0295. The van der Waals surface area contributed by atoms with Crippen LogP contribution in [0.2, 0.25) is 5.02 Å². The first-order valence-electron chi connectivity index (χ1n) is 6.42. The fourth-order valence-corrected chi connectivity index (χ4v) is 2.12. The van der Waals surface area contributed by atoms with Gasteiger partial charge in [0.1, 0.15) is 5.69 Å². The lowest BCUT2D eigenvalue weighted by Crippen LogP contribution is -2.26. The van der Waals surface area contributed by atoms with Crippen LogP contribution in [0.25, 0.3) is 0 Å². The van der Waals surface area contributed by atoms with Gasteiger partial charge in [-0.05, 0) is 29.8 Å². The van der Waals surface area contributed by atoms with Crippen molar-refractivity contribution in [1.82, 2.24) is 4.90 Å². The number of carbonyl (C=O) groups is 1. The molecule has 0 saturated heterocycles. The van der Waals surface area contributed by atoms with Crippen LogP contribution in [0.4, 0.5) is 11.4 Å². The first-order chi connectivity index (χ1) is 10.4. The molecule has 114 valence electrons. The second-order valence-electron chi connectivity index (χ2n) is 4.82. The third-order valence-electron chi connectivity index (χ3n) is 3.15. The molecule has 2 aromatic rings. The minimum atomic E-state index is -0.606. The molecule has 0 aliphatic carbocycles. The van der Waals surface area contributed by atoms with Crippen LogP contribution in [0, 0.1) is 10.1 Å². The smallest absolute Gasteiger partial charge is 0.292 e. The molecule has 0 unspecified atom stereocenters. The van der Waals surface area contributed by atoms with Crippen molar-refractivity contribution in [3.05, 3.63) is 68.7 Å². The summed E-state index contributed by atoms with van der Waals surface area (Å²) in [5.41, 5.74) is 6.41. The van der Waals surface area contributed by atoms with E-state index < -0.39 is 4.92 Å². The molecule has 0 aliphatic heterocycles. The molecule has 0 heterocycles. The number of hydrogen-bond donors (Lipinski definition) is 1. The number of nitro benzene ring substituents is 1. The van der Waals surface area contributed by atoms with Crippen molar-refractivity contribution in [2.24, 2.45) is 0 Å². The van der Waals surface area contributed by atoms with Crippen LogP contribution in [0.5, 0.6) is 0 Å². The van der Waals surface area contributed by atoms with E-state index in [9.17, 15) is 14.9 Å². The van der Waals surface area contributed by atoms with Crippen molar-refractivity contribution in [3.8, 4) is 0 Å². The maximum atomic E-state index is 12.3. The quantitative estimate of drug-likeness (QED) is 0.532. The van der Waals surface area contributed by atoms with Crippen molar-refractivity contribution in [2.75, 3.05) is 12.8 Å². The van der Waals surface area contributed by atoms with Gasteiger partial charge in [0.25, 0.3) is 11.6 Å². The highest BCUT2D eigenvalue weighted by atomic mass is 35.5. The van der Waals surface area contributed by atoms with Gasteiger partial charge >= 0.3 is 0 Å². The molecule has 7 heteroatoms. The Morgan fingerprint density at radius 3 is 2.50 bits per heavy atom. The van der Waals surface area contributed by atoms with E-state index in [4.69, 9.17) is 17.3 Å². The molecule has 0 aromatic heterocycles. The van der Waals surface area contributed by atoms with E-state index in [-0.39, 0.29) is 22.8 Å². The van der Waals surface area contributed by atoms with Gasteiger partial charge in [-0.3, -0.25) is 14.9 Å². The monoisotopic (exact) mass is 319 g/mol. The number of nitrogen functional groups attached to an aromatic ring is 1. The summed E-state index contributed by atoms with van der Waals surface area (Å²) < 4.78 is 0. The predicted molar refractivity (Wildman–Crippen MR) is 84.8 cm³/mol. The summed E-state index contributed by atoms with van der Waals surface area (Å²) in [4.78, 5) is 24.1. The molecule has 0 saturated carbocycles. The van der Waals surface area contributed by atoms with Gasteiger partial charge in [0, 0.05) is 30.2 Å². The Labute approximate surface area is 132 Å². The Balaban J connectivity index is 2.18. The van der Waals surface area contributed by atoms with Crippen molar-refractivity contribution < 1.29 is 9.72 Å². The topological polar surface area (TPSA) is 89.5 Å². The third-order valence-corrected chi connectivity index (χ3v) is 3.41. The molecule has 2 N–H and O–H groups in total. The molecule has 2 rings (SSSR count). The van der Waals surface area contributed by atoms with Gasteiger partial charge in [-0.1, -0.05) is 23.7 Å². The van der Waals surface area contributed by atoms with E-state index in [1.165, 1.54) is 23.1 Å². The Bertz CT molecular complexity index is 716. The molecule has 6 nitrogen and oxygen atoms in total. The first kappa shape index (κ1) is 15.8. The van der Waals surface area contributed by atoms with Crippen LogP contribution in [0.15, 0.2) is 42.5 Å². The summed E-state index contributed by atoms with van der Waals surface area (Å²) in [5.74, 6) is -0.321. The second-order valence-corrected chi connectivity index (χ2v) is 5.25. The lowest BCUT2D eigenvalue weighted by Gasteiger charge is -2.17. The largest absolute Gasteiger partial charge is 0.393 e. The Kier molecular flexibility index (Phi) is 4.62. The highest BCUT2D eigenvalue weighted by Gasteiger charge is 2.18. The van der Waals surface area contributed by atoms with Crippen molar-refractivity contribution in [1.29, 1.82) is 0 Å². The molecule has 22 heavy (non-hydrogen) atoms. The number of carbonyl (C=O) groups excluding carboxylic acids is 1. The summed E-state index contributed by atoms with van der Waals surface area (Å²) in [6, 6.07) is 11.1. The molecular formula is C15H14ClN3O3. The van der Waals surface area contributed by atoms with E-state index >= 15 is 0 Å². The number of nitrogens with zero attached hydrogens (tertiary/aromatic N) is 2. The van der Waals surface area contributed by atoms with Crippen LogP contribution in [0.1, 0.15) is 15.9 Å². The number of benzene rings is 2. The number of nitrogens with two attached hydrogens (primary N) is 1. The Morgan fingerprint density at radius 1 is 1.27 bits per heavy atom. The standard InChI is InChI=1S/C15H14ClN3O3/c1-18(9-10-2-5-12(16)6-3-10)15(20)11-4-7-13(17)14(8-11)19(21)22/h2-8H,9,17H2,1H3. The van der Waals surface area contributed by atoms with Gasteiger partial charge < -0.3 is 10.6 Å².